The lowest BCUT2D eigenvalue weighted by Crippen LogP contribution is -2.64. The van der Waals surface area contributed by atoms with E-state index in [-0.39, 0.29) is 18.5 Å². The van der Waals surface area contributed by atoms with Gasteiger partial charge in [-0.2, -0.15) is 0 Å². The molecule has 5 rings (SSSR count). The average molecular weight is 424 g/mol. The Hall–Kier alpha value is -3.06. The molecule has 2 atom stereocenters. The van der Waals surface area contributed by atoms with Crippen LogP contribution in [0, 0.1) is 6.92 Å². The fraction of sp³-hybridized carbons (Fsp3) is 0.318. The maximum Gasteiger partial charge on any atom is 0.328 e. The summed E-state index contributed by atoms with van der Waals surface area (Å²) in [4.78, 5) is 38.2. The fourth-order valence-corrected chi connectivity index (χ4v) is 4.61. The summed E-state index contributed by atoms with van der Waals surface area (Å²) in [6.07, 6.45) is -0.518. The van der Waals surface area contributed by atoms with Gasteiger partial charge in [-0.3, -0.25) is 9.69 Å². The number of carbonyl (C=O) groups excluding carboxylic acids is 2. The highest BCUT2D eigenvalue weighted by Gasteiger charge is 2.54. The SMILES string of the molecule is Cc1ccccc1CN1C(=O)C2C(N=C3N(c4cccc(Cl)c4)CCN32)N(C)C1=O. The number of hydrogen-bond donors (Lipinski definition) is 0. The van der Waals surface area contributed by atoms with Crippen molar-refractivity contribution in [3.05, 3.63) is 64.7 Å². The molecule has 3 amide bonds. The summed E-state index contributed by atoms with van der Waals surface area (Å²) < 4.78 is 0. The van der Waals surface area contributed by atoms with Crippen LogP contribution in [0.4, 0.5) is 10.5 Å². The van der Waals surface area contributed by atoms with Gasteiger partial charge in [0, 0.05) is 30.8 Å². The molecule has 30 heavy (non-hydrogen) atoms. The second-order valence-electron chi connectivity index (χ2n) is 7.86. The normalized spacial score (nSPS) is 23.1. The van der Waals surface area contributed by atoms with Crippen LogP contribution in [0.15, 0.2) is 53.5 Å². The molecule has 2 saturated heterocycles. The zero-order valence-electron chi connectivity index (χ0n) is 16.8. The zero-order valence-corrected chi connectivity index (χ0v) is 17.6. The number of amides is 3. The van der Waals surface area contributed by atoms with Crippen LogP contribution < -0.4 is 4.90 Å². The van der Waals surface area contributed by atoms with Gasteiger partial charge >= 0.3 is 6.03 Å². The van der Waals surface area contributed by atoms with Gasteiger partial charge in [0.1, 0.15) is 0 Å². The Labute approximate surface area is 180 Å². The Kier molecular flexibility index (Phi) is 4.43. The summed E-state index contributed by atoms with van der Waals surface area (Å²) in [5, 5.41) is 0.648. The lowest BCUT2D eigenvalue weighted by Gasteiger charge is -2.40. The summed E-state index contributed by atoms with van der Waals surface area (Å²) in [5.74, 6) is 0.524. The van der Waals surface area contributed by atoms with Crippen LogP contribution in [0.1, 0.15) is 11.1 Å². The Balaban J connectivity index is 1.45. The van der Waals surface area contributed by atoms with E-state index in [9.17, 15) is 9.59 Å². The van der Waals surface area contributed by atoms with E-state index < -0.39 is 12.2 Å². The number of likely N-dealkylation sites (N-methyl/N-ethyl adjacent to an activating group) is 1. The molecule has 0 spiro atoms. The number of benzene rings is 2. The number of aryl methyl sites for hydroxylation is 1. The molecule has 2 unspecified atom stereocenters. The van der Waals surface area contributed by atoms with Crippen molar-refractivity contribution in [2.24, 2.45) is 4.99 Å². The van der Waals surface area contributed by atoms with Crippen molar-refractivity contribution < 1.29 is 9.59 Å². The minimum Gasteiger partial charge on any atom is -0.325 e. The van der Waals surface area contributed by atoms with Crippen molar-refractivity contribution in [3.8, 4) is 0 Å². The van der Waals surface area contributed by atoms with Gasteiger partial charge in [0.25, 0.3) is 5.91 Å². The minimum absolute atomic E-state index is 0.196. The molecular formula is C22H22ClN5O2. The number of imide groups is 1. The number of anilines is 1. The number of guanidine groups is 1. The third-order valence-electron chi connectivity index (χ3n) is 6.09. The number of carbonyl (C=O) groups is 2. The number of nitrogens with zero attached hydrogens (tertiary/aromatic N) is 5. The monoisotopic (exact) mass is 423 g/mol. The van der Waals surface area contributed by atoms with Gasteiger partial charge in [-0.15, -0.1) is 0 Å². The number of aliphatic imine (C=N–C) groups is 1. The van der Waals surface area contributed by atoms with Crippen LogP contribution in [0.2, 0.25) is 5.02 Å². The molecule has 7 nitrogen and oxygen atoms in total. The Bertz CT molecular complexity index is 1070. The van der Waals surface area contributed by atoms with Crippen molar-refractivity contribution in [3.63, 3.8) is 0 Å². The minimum atomic E-state index is -0.518. The molecule has 3 aliphatic rings. The standard InChI is InChI=1S/C22H22ClN5O2/c1-14-6-3-4-7-15(14)13-28-20(29)18-19(25(2)22(28)30)24-21-26(10-11-27(18)21)17-9-5-8-16(23)12-17/h3-9,12,18-19H,10-11,13H2,1-2H3. The third kappa shape index (κ3) is 2.84. The summed E-state index contributed by atoms with van der Waals surface area (Å²) in [6.45, 7) is 3.63. The van der Waals surface area contributed by atoms with Gasteiger partial charge in [-0.25, -0.2) is 9.79 Å². The molecular weight excluding hydrogens is 402 g/mol. The molecule has 2 fully saturated rings. The molecule has 3 heterocycles. The highest BCUT2D eigenvalue weighted by molar-refractivity contribution is 6.31. The van der Waals surface area contributed by atoms with E-state index in [1.54, 1.807) is 11.9 Å². The number of urea groups is 1. The van der Waals surface area contributed by atoms with Gasteiger partial charge in [0.15, 0.2) is 12.2 Å². The largest absolute Gasteiger partial charge is 0.328 e. The van der Waals surface area contributed by atoms with E-state index in [4.69, 9.17) is 16.6 Å². The van der Waals surface area contributed by atoms with Crippen molar-refractivity contribution in [1.82, 2.24) is 14.7 Å². The summed E-state index contributed by atoms with van der Waals surface area (Å²) in [6, 6.07) is 14.6. The van der Waals surface area contributed by atoms with Crippen molar-refractivity contribution >= 4 is 35.2 Å². The second-order valence-corrected chi connectivity index (χ2v) is 8.29. The fourth-order valence-electron chi connectivity index (χ4n) is 4.43. The Morgan fingerprint density at radius 3 is 2.67 bits per heavy atom. The van der Waals surface area contributed by atoms with Crippen LogP contribution in [-0.4, -0.2) is 64.9 Å². The second kappa shape index (κ2) is 7.02. The predicted octanol–water partition coefficient (Wildman–Crippen LogP) is 2.93. The molecule has 8 heteroatoms. The molecule has 0 bridgehead atoms. The molecule has 0 aromatic heterocycles. The van der Waals surface area contributed by atoms with E-state index in [1.165, 1.54) is 4.90 Å². The molecule has 0 saturated carbocycles. The van der Waals surface area contributed by atoms with Crippen molar-refractivity contribution in [1.29, 1.82) is 0 Å². The lowest BCUT2D eigenvalue weighted by molar-refractivity contribution is -0.137. The first-order valence-corrected chi connectivity index (χ1v) is 10.3. The molecule has 0 N–H and O–H groups in total. The highest BCUT2D eigenvalue weighted by atomic mass is 35.5. The number of hydrogen-bond acceptors (Lipinski definition) is 5. The molecule has 2 aromatic rings. The van der Waals surface area contributed by atoms with E-state index in [2.05, 4.69) is 4.90 Å². The Morgan fingerprint density at radius 1 is 1.10 bits per heavy atom. The van der Waals surface area contributed by atoms with E-state index in [0.717, 1.165) is 22.8 Å². The van der Waals surface area contributed by atoms with Gasteiger partial charge in [-0.05, 0) is 36.2 Å². The van der Waals surface area contributed by atoms with E-state index >= 15 is 0 Å². The molecule has 154 valence electrons. The van der Waals surface area contributed by atoms with Crippen molar-refractivity contribution in [2.45, 2.75) is 25.7 Å². The van der Waals surface area contributed by atoms with E-state index in [0.29, 0.717) is 18.1 Å². The van der Waals surface area contributed by atoms with E-state index in [1.807, 2.05) is 60.4 Å². The van der Waals surface area contributed by atoms with Crippen LogP contribution in [0.25, 0.3) is 0 Å². The number of halogens is 1. The van der Waals surface area contributed by atoms with Gasteiger partial charge in [-0.1, -0.05) is 41.9 Å². The van der Waals surface area contributed by atoms with Gasteiger partial charge < -0.3 is 14.7 Å². The predicted molar refractivity (Wildman–Crippen MR) is 115 cm³/mol. The molecule has 2 aromatic carbocycles. The maximum atomic E-state index is 13.4. The topological polar surface area (TPSA) is 59.5 Å². The van der Waals surface area contributed by atoms with Gasteiger partial charge in [0.05, 0.1) is 6.54 Å². The number of fused-ring (bicyclic) bond motifs is 3. The summed E-state index contributed by atoms with van der Waals surface area (Å²) >= 11 is 6.17. The summed E-state index contributed by atoms with van der Waals surface area (Å²) in [7, 11) is 1.72. The molecule has 0 aliphatic carbocycles. The van der Waals surface area contributed by atoms with Crippen molar-refractivity contribution in [2.75, 3.05) is 25.0 Å². The van der Waals surface area contributed by atoms with Crippen LogP contribution >= 0.6 is 11.6 Å². The van der Waals surface area contributed by atoms with Gasteiger partial charge in [0.2, 0.25) is 5.96 Å². The first-order chi connectivity index (χ1) is 14.5. The zero-order chi connectivity index (χ0) is 21.0. The first-order valence-electron chi connectivity index (χ1n) is 9.96. The maximum absolute atomic E-state index is 13.4. The number of rotatable bonds is 3. The Morgan fingerprint density at radius 2 is 1.90 bits per heavy atom. The molecule has 3 aliphatic heterocycles. The smallest absolute Gasteiger partial charge is 0.325 e. The van der Waals surface area contributed by atoms with Crippen LogP contribution in [0.5, 0.6) is 0 Å². The summed E-state index contributed by atoms with van der Waals surface area (Å²) in [5.41, 5.74) is 2.95. The highest BCUT2D eigenvalue weighted by Crippen LogP contribution is 2.34. The first kappa shape index (κ1) is 18.9. The quantitative estimate of drug-likeness (QED) is 0.761. The lowest BCUT2D eigenvalue weighted by atomic mass is 10.1. The average Bonchev–Trinajstić information content (AvgIpc) is 3.30. The third-order valence-corrected chi connectivity index (χ3v) is 6.32. The molecule has 0 radical (unpaired) electrons. The van der Waals surface area contributed by atoms with Crippen LogP contribution in [0.3, 0.4) is 0 Å². The van der Waals surface area contributed by atoms with Crippen LogP contribution in [-0.2, 0) is 11.3 Å².